The van der Waals surface area contributed by atoms with Gasteiger partial charge in [0.15, 0.2) is 0 Å². The third kappa shape index (κ3) is 5.19. The van der Waals surface area contributed by atoms with Crippen molar-refractivity contribution >= 4 is 45.5 Å². The second kappa shape index (κ2) is 10.3. The molecule has 0 heterocycles. The molecule has 0 bridgehead atoms. The largest absolute Gasteiger partial charge is 0.354 e. The molecule has 0 atom stereocenters. The molecule has 0 radical (unpaired) electrons. The molecule has 0 unspecified atom stereocenters. The Hall–Kier alpha value is -4.70. The number of hydrogen-bond acceptors (Lipinski definition) is 4. The van der Waals surface area contributed by atoms with Crippen molar-refractivity contribution < 1.29 is 0 Å². The molecule has 166 valence electrons. The van der Waals surface area contributed by atoms with Gasteiger partial charge in [-0.1, -0.05) is 72.8 Å². The standard InChI is InChI=1S/C30H26N4/c1-5-13-23(14-6-1)31-27-21-22-28(32-24-15-7-2-8-16-24)30(34-26-19-11-4-12-20-26)29(27)33-25-17-9-3-10-18-25/h1-22,31-34H. The zero-order chi connectivity index (χ0) is 23.0. The van der Waals surface area contributed by atoms with Gasteiger partial charge in [0.05, 0.1) is 22.7 Å². The van der Waals surface area contributed by atoms with Crippen molar-refractivity contribution in [1.29, 1.82) is 0 Å². The molecule has 0 amide bonds. The molecule has 4 nitrogen and oxygen atoms in total. The fraction of sp³-hybridized carbons (Fsp3) is 0. The smallest absolute Gasteiger partial charge is 0.0884 e. The highest BCUT2D eigenvalue weighted by molar-refractivity contribution is 5.97. The average molecular weight is 443 g/mol. The predicted octanol–water partition coefficient (Wildman–Crippen LogP) is 8.66. The average Bonchev–Trinajstić information content (AvgIpc) is 2.90. The van der Waals surface area contributed by atoms with E-state index in [9.17, 15) is 0 Å². The van der Waals surface area contributed by atoms with E-state index in [2.05, 4.69) is 81.9 Å². The normalized spacial score (nSPS) is 10.4. The van der Waals surface area contributed by atoms with E-state index in [1.54, 1.807) is 0 Å². The molecule has 0 spiro atoms. The molecular formula is C30H26N4. The van der Waals surface area contributed by atoms with Crippen molar-refractivity contribution in [3.63, 3.8) is 0 Å². The van der Waals surface area contributed by atoms with Gasteiger partial charge >= 0.3 is 0 Å². The molecule has 0 fully saturated rings. The number of hydrogen-bond donors (Lipinski definition) is 4. The number of nitrogens with one attached hydrogen (secondary N) is 4. The van der Waals surface area contributed by atoms with E-state index in [-0.39, 0.29) is 0 Å². The van der Waals surface area contributed by atoms with Gasteiger partial charge in [-0.2, -0.15) is 0 Å². The summed E-state index contributed by atoms with van der Waals surface area (Å²) >= 11 is 0. The summed E-state index contributed by atoms with van der Waals surface area (Å²) in [6, 6.07) is 45.0. The van der Waals surface area contributed by atoms with Gasteiger partial charge in [-0.25, -0.2) is 0 Å². The van der Waals surface area contributed by atoms with E-state index in [0.29, 0.717) is 0 Å². The van der Waals surface area contributed by atoms with Gasteiger partial charge in [-0.15, -0.1) is 0 Å². The Kier molecular flexibility index (Phi) is 6.40. The summed E-state index contributed by atoms with van der Waals surface area (Å²) in [4.78, 5) is 0. The fourth-order valence-electron chi connectivity index (χ4n) is 3.76. The van der Waals surface area contributed by atoms with Crippen molar-refractivity contribution in [2.45, 2.75) is 0 Å². The Bertz CT molecular complexity index is 1220. The van der Waals surface area contributed by atoms with Crippen LogP contribution in [0.3, 0.4) is 0 Å². The monoisotopic (exact) mass is 442 g/mol. The molecule has 0 aliphatic rings. The third-order valence-electron chi connectivity index (χ3n) is 5.40. The van der Waals surface area contributed by atoms with Crippen LogP contribution in [0.4, 0.5) is 45.5 Å². The molecule has 0 saturated heterocycles. The minimum Gasteiger partial charge on any atom is -0.354 e. The summed E-state index contributed by atoms with van der Waals surface area (Å²) in [6.07, 6.45) is 0. The first-order valence-electron chi connectivity index (χ1n) is 11.3. The first kappa shape index (κ1) is 21.2. The molecule has 5 rings (SSSR count). The van der Waals surface area contributed by atoms with Crippen LogP contribution in [0.5, 0.6) is 0 Å². The molecule has 4 heteroatoms. The van der Waals surface area contributed by atoms with Crippen molar-refractivity contribution in [3.05, 3.63) is 133 Å². The van der Waals surface area contributed by atoms with Gasteiger partial charge in [0, 0.05) is 22.7 Å². The topological polar surface area (TPSA) is 48.1 Å². The lowest BCUT2D eigenvalue weighted by molar-refractivity contribution is 1.45. The molecule has 0 aliphatic carbocycles. The Morgan fingerprint density at radius 1 is 0.265 bits per heavy atom. The van der Waals surface area contributed by atoms with E-state index in [4.69, 9.17) is 0 Å². The molecule has 4 N–H and O–H groups in total. The van der Waals surface area contributed by atoms with Crippen LogP contribution in [0.1, 0.15) is 0 Å². The van der Waals surface area contributed by atoms with Gasteiger partial charge in [0.1, 0.15) is 0 Å². The summed E-state index contributed by atoms with van der Waals surface area (Å²) in [5, 5.41) is 14.4. The molecular weight excluding hydrogens is 416 g/mol. The van der Waals surface area contributed by atoms with E-state index in [1.165, 1.54) is 0 Å². The van der Waals surface area contributed by atoms with Crippen LogP contribution in [-0.2, 0) is 0 Å². The number of anilines is 8. The van der Waals surface area contributed by atoms with Crippen LogP contribution >= 0.6 is 0 Å². The Morgan fingerprint density at radius 2 is 0.529 bits per heavy atom. The Morgan fingerprint density at radius 3 is 0.824 bits per heavy atom. The van der Waals surface area contributed by atoms with Crippen LogP contribution in [0, 0.1) is 0 Å². The Labute approximate surface area is 200 Å². The molecule has 5 aromatic carbocycles. The first-order chi connectivity index (χ1) is 16.8. The highest BCUT2D eigenvalue weighted by Crippen LogP contribution is 2.43. The van der Waals surface area contributed by atoms with Gasteiger partial charge in [-0.05, 0) is 60.7 Å². The number of rotatable bonds is 8. The summed E-state index contributed by atoms with van der Waals surface area (Å²) in [5.74, 6) is 0. The third-order valence-corrected chi connectivity index (χ3v) is 5.40. The van der Waals surface area contributed by atoms with Crippen LogP contribution in [0.15, 0.2) is 133 Å². The predicted molar refractivity (Wildman–Crippen MR) is 145 cm³/mol. The molecule has 34 heavy (non-hydrogen) atoms. The van der Waals surface area contributed by atoms with Crippen molar-refractivity contribution in [3.8, 4) is 0 Å². The maximum absolute atomic E-state index is 3.64. The maximum Gasteiger partial charge on any atom is 0.0884 e. The summed E-state index contributed by atoms with van der Waals surface area (Å²) in [7, 11) is 0. The van der Waals surface area contributed by atoms with E-state index in [1.807, 2.05) is 72.8 Å². The van der Waals surface area contributed by atoms with Crippen LogP contribution in [0.2, 0.25) is 0 Å². The van der Waals surface area contributed by atoms with Gasteiger partial charge in [-0.3, -0.25) is 0 Å². The fourth-order valence-corrected chi connectivity index (χ4v) is 3.76. The minimum atomic E-state index is 0.944. The quantitative estimate of drug-likeness (QED) is 0.194. The summed E-state index contributed by atoms with van der Waals surface area (Å²) in [5.41, 5.74) is 7.87. The molecule has 5 aromatic rings. The van der Waals surface area contributed by atoms with Crippen molar-refractivity contribution in [2.24, 2.45) is 0 Å². The number of para-hydroxylation sites is 4. The highest BCUT2D eigenvalue weighted by Gasteiger charge is 2.15. The van der Waals surface area contributed by atoms with E-state index in [0.717, 1.165) is 45.5 Å². The maximum atomic E-state index is 3.64. The van der Waals surface area contributed by atoms with E-state index >= 15 is 0 Å². The minimum absolute atomic E-state index is 0.944. The lowest BCUT2D eigenvalue weighted by atomic mass is 10.1. The van der Waals surface area contributed by atoms with Crippen molar-refractivity contribution in [2.75, 3.05) is 21.3 Å². The summed E-state index contributed by atoms with van der Waals surface area (Å²) in [6.45, 7) is 0. The summed E-state index contributed by atoms with van der Waals surface area (Å²) < 4.78 is 0. The number of benzene rings is 5. The molecule has 0 saturated carbocycles. The van der Waals surface area contributed by atoms with Crippen LogP contribution in [-0.4, -0.2) is 0 Å². The van der Waals surface area contributed by atoms with Gasteiger partial charge in [0.2, 0.25) is 0 Å². The van der Waals surface area contributed by atoms with Crippen LogP contribution < -0.4 is 21.3 Å². The lowest BCUT2D eigenvalue weighted by Gasteiger charge is -2.23. The Balaban J connectivity index is 1.63. The SMILES string of the molecule is c1ccc(Nc2ccc(Nc3ccccc3)c(Nc3ccccc3)c2Nc2ccccc2)cc1. The second-order valence-electron chi connectivity index (χ2n) is 7.87. The van der Waals surface area contributed by atoms with Crippen molar-refractivity contribution in [1.82, 2.24) is 0 Å². The second-order valence-corrected chi connectivity index (χ2v) is 7.87. The van der Waals surface area contributed by atoms with Gasteiger partial charge in [0.25, 0.3) is 0 Å². The molecule has 0 aromatic heterocycles. The molecule has 0 aliphatic heterocycles. The first-order valence-corrected chi connectivity index (χ1v) is 11.3. The van der Waals surface area contributed by atoms with Crippen LogP contribution in [0.25, 0.3) is 0 Å². The van der Waals surface area contributed by atoms with Gasteiger partial charge < -0.3 is 21.3 Å². The van der Waals surface area contributed by atoms with E-state index < -0.39 is 0 Å². The lowest BCUT2D eigenvalue weighted by Crippen LogP contribution is -2.05. The highest BCUT2D eigenvalue weighted by atomic mass is 15.0. The zero-order valence-electron chi connectivity index (χ0n) is 18.7. The zero-order valence-corrected chi connectivity index (χ0v) is 18.7.